The Hall–Kier alpha value is -0.640. The van der Waals surface area contributed by atoms with E-state index in [2.05, 4.69) is 52.7 Å². The van der Waals surface area contributed by atoms with Gasteiger partial charge >= 0.3 is 0 Å². The van der Waals surface area contributed by atoms with Crippen molar-refractivity contribution in [2.24, 2.45) is 0 Å². The molecule has 2 heteroatoms. The standard InChI is InChI=1S/C10H8IN/c1-7-9(11)5-4-8-3-2-6-12-10(7)8/h2-6H,1H3. The summed E-state index contributed by atoms with van der Waals surface area (Å²) in [6.45, 7) is 2.11. The molecule has 0 amide bonds. The number of rotatable bonds is 0. The molecule has 1 nitrogen and oxygen atoms in total. The minimum atomic E-state index is 1.12. The molecule has 1 aromatic carbocycles. The van der Waals surface area contributed by atoms with Gasteiger partial charge in [0.25, 0.3) is 0 Å². The van der Waals surface area contributed by atoms with Gasteiger partial charge in [-0.1, -0.05) is 12.1 Å². The van der Waals surface area contributed by atoms with Gasteiger partial charge in [-0.2, -0.15) is 0 Å². The molecule has 12 heavy (non-hydrogen) atoms. The zero-order valence-corrected chi connectivity index (χ0v) is 8.87. The molecule has 0 fully saturated rings. The number of nitrogens with zero attached hydrogens (tertiary/aromatic N) is 1. The van der Waals surface area contributed by atoms with Gasteiger partial charge in [-0.15, -0.1) is 0 Å². The lowest BCUT2D eigenvalue weighted by Crippen LogP contribution is -1.85. The van der Waals surface area contributed by atoms with Crippen molar-refractivity contribution in [3.63, 3.8) is 0 Å². The van der Waals surface area contributed by atoms with Gasteiger partial charge in [0.2, 0.25) is 0 Å². The Morgan fingerprint density at radius 3 is 2.92 bits per heavy atom. The Kier molecular flexibility index (Phi) is 2.00. The van der Waals surface area contributed by atoms with Gasteiger partial charge in [-0.25, -0.2) is 0 Å². The van der Waals surface area contributed by atoms with Crippen LogP contribution in [0.3, 0.4) is 0 Å². The van der Waals surface area contributed by atoms with Crippen molar-refractivity contribution in [3.05, 3.63) is 39.6 Å². The second-order valence-corrected chi connectivity index (χ2v) is 3.91. The number of aromatic nitrogens is 1. The molecule has 0 N–H and O–H groups in total. The summed E-state index contributed by atoms with van der Waals surface area (Å²) in [6, 6.07) is 8.29. The fourth-order valence-corrected chi connectivity index (χ4v) is 1.70. The van der Waals surface area contributed by atoms with Crippen LogP contribution in [-0.2, 0) is 0 Å². The molecule has 1 aromatic heterocycles. The summed E-state index contributed by atoms with van der Waals surface area (Å²) >= 11 is 2.33. The van der Waals surface area contributed by atoms with Gasteiger partial charge in [0.05, 0.1) is 5.52 Å². The minimum Gasteiger partial charge on any atom is -0.256 e. The number of halogens is 1. The zero-order valence-electron chi connectivity index (χ0n) is 6.71. The van der Waals surface area contributed by atoms with Crippen LogP contribution in [0.25, 0.3) is 10.9 Å². The largest absolute Gasteiger partial charge is 0.256 e. The van der Waals surface area contributed by atoms with Crippen LogP contribution in [0.2, 0.25) is 0 Å². The average Bonchev–Trinajstić information content (AvgIpc) is 2.12. The second-order valence-electron chi connectivity index (χ2n) is 2.75. The molecule has 2 aromatic rings. The number of hydrogen-bond donors (Lipinski definition) is 0. The van der Waals surface area contributed by atoms with Crippen molar-refractivity contribution in [1.29, 1.82) is 0 Å². The third-order valence-corrected chi connectivity index (χ3v) is 3.13. The highest BCUT2D eigenvalue weighted by Gasteiger charge is 2.00. The molecule has 2 rings (SSSR count). The maximum absolute atomic E-state index is 4.34. The first-order valence-corrected chi connectivity index (χ1v) is 4.87. The van der Waals surface area contributed by atoms with Gasteiger partial charge in [-0.3, -0.25) is 4.98 Å². The lowest BCUT2D eigenvalue weighted by Gasteiger charge is -2.01. The second kappa shape index (κ2) is 3.01. The van der Waals surface area contributed by atoms with Crippen molar-refractivity contribution >= 4 is 33.5 Å². The number of fused-ring (bicyclic) bond motifs is 1. The van der Waals surface area contributed by atoms with Crippen molar-refractivity contribution in [1.82, 2.24) is 4.98 Å². The highest BCUT2D eigenvalue weighted by Crippen LogP contribution is 2.20. The van der Waals surface area contributed by atoms with Crippen LogP contribution in [0.4, 0.5) is 0 Å². The lowest BCUT2D eigenvalue weighted by atomic mass is 10.1. The van der Waals surface area contributed by atoms with Crippen molar-refractivity contribution < 1.29 is 0 Å². The molecule has 0 atom stereocenters. The topological polar surface area (TPSA) is 12.9 Å². The van der Waals surface area contributed by atoms with E-state index in [9.17, 15) is 0 Å². The van der Waals surface area contributed by atoms with Gasteiger partial charge in [0.15, 0.2) is 0 Å². The molecule has 0 bridgehead atoms. The van der Waals surface area contributed by atoms with Gasteiger partial charge in [-0.05, 0) is 47.2 Å². The van der Waals surface area contributed by atoms with E-state index in [-0.39, 0.29) is 0 Å². The maximum Gasteiger partial charge on any atom is 0.0741 e. The zero-order chi connectivity index (χ0) is 8.55. The summed E-state index contributed by atoms with van der Waals surface area (Å²) < 4.78 is 1.28. The molecular formula is C10H8IN. The summed E-state index contributed by atoms with van der Waals surface area (Å²) in [4.78, 5) is 4.34. The van der Waals surface area contributed by atoms with E-state index in [1.54, 1.807) is 0 Å². The first kappa shape index (κ1) is 7.98. The van der Waals surface area contributed by atoms with Crippen LogP contribution in [0.1, 0.15) is 5.56 Å². The molecule has 0 unspecified atom stereocenters. The first-order valence-electron chi connectivity index (χ1n) is 3.79. The molecule has 0 aliphatic carbocycles. The monoisotopic (exact) mass is 269 g/mol. The van der Waals surface area contributed by atoms with Crippen molar-refractivity contribution in [3.8, 4) is 0 Å². The van der Waals surface area contributed by atoms with E-state index in [4.69, 9.17) is 0 Å². The smallest absolute Gasteiger partial charge is 0.0741 e. The summed E-state index contributed by atoms with van der Waals surface area (Å²) in [5.74, 6) is 0. The summed E-state index contributed by atoms with van der Waals surface area (Å²) in [5.41, 5.74) is 2.39. The van der Waals surface area contributed by atoms with Gasteiger partial charge < -0.3 is 0 Å². The quantitative estimate of drug-likeness (QED) is 0.669. The third kappa shape index (κ3) is 1.20. The number of hydrogen-bond acceptors (Lipinski definition) is 1. The summed E-state index contributed by atoms with van der Waals surface area (Å²) in [7, 11) is 0. The van der Waals surface area contributed by atoms with Crippen molar-refractivity contribution in [2.45, 2.75) is 6.92 Å². The van der Waals surface area contributed by atoms with E-state index >= 15 is 0 Å². The molecule has 1 heterocycles. The summed E-state index contributed by atoms with van der Waals surface area (Å²) in [6.07, 6.45) is 1.84. The number of pyridine rings is 1. The van der Waals surface area contributed by atoms with Gasteiger partial charge in [0, 0.05) is 15.2 Å². The molecule has 0 radical (unpaired) electrons. The number of benzene rings is 1. The van der Waals surface area contributed by atoms with Crippen LogP contribution in [-0.4, -0.2) is 4.98 Å². The van der Waals surface area contributed by atoms with Crippen LogP contribution in [0, 0.1) is 10.5 Å². The fraction of sp³-hybridized carbons (Fsp3) is 0.100. The van der Waals surface area contributed by atoms with Gasteiger partial charge in [0.1, 0.15) is 0 Å². The molecule has 0 spiro atoms. The van der Waals surface area contributed by atoms with E-state index in [1.807, 2.05) is 12.3 Å². The fourth-order valence-electron chi connectivity index (χ4n) is 1.27. The molecule has 0 saturated carbocycles. The van der Waals surface area contributed by atoms with E-state index < -0.39 is 0 Å². The first-order chi connectivity index (χ1) is 5.79. The molecule has 60 valence electrons. The lowest BCUT2D eigenvalue weighted by molar-refractivity contribution is 1.35. The van der Waals surface area contributed by atoms with Crippen LogP contribution in [0.5, 0.6) is 0 Å². The molecule has 0 aliphatic heterocycles. The Balaban J connectivity index is 2.91. The van der Waals surface area contributed by atoms with Crippen molar-refractivity contribution in [2.75, 3.05) is 0 Å². The highest BCUT2D eigenvalue weighted by molar-refractivity contribution is 14.1. The SMILES string of the molecule is Cc1c(I)ccc2cccnc12. The van der Waals surface area contributed by atoms with Crippen LogP contribution < -0.4 is 0 Å². The number of aryl methyl sites for hydroxylation is 1. The maximum atomic E-state index is 4.34. The molecule has 0 aliphatic rings. The molecular weight excluding hydrogens is 261 g/mol. The van der Waals surface area contributed by atoms with E-state index in [0.29, 0.717) is 0 Å². The third-order valence-electron chi connectivity index (χ3n) is 1.96. The highest BCUT2D eigenvalue weighted by atomic mass is 127. The summed E-state index contributed by atoms with van der Waals surface area (Å²) in [5, 5.41) is 1.22. The van der Waals surface area contributed by atoms with Crippen LogP contribution >= 0.6 is 22.6 Å². The molecule has 0 saturated heterocycles. The predicted molar refractivity (Wildman–Crippen MR) is 59.2 cm³/mol. The normalized spacial score (nSPS) is 10.5. The Morgan fingerprint density at radius 1 is 1.25 bits per heavy atom. The average molecular weight is 269 g/mol. The predicted octanol–water partition coefficient (Wildman–Crippen LogP) is 3.15. The minimum absolute atomic E-state index is 1.12. The Labute approximate surface area is 85.0 Å². The Bertz CT molecular complexity index is 423. The van der Waals surface area contributed by atoms with E-state index in [0.717, 1.165) is 5.52 Å². The van der Waals surface area contributed by atoms with E-state index in [1.165, 1.54) is 14.5 Å². The van der Waals surface area contributed by atoms with Crippen LogP contribution in [0.15, 0.2) is 30.5 Å². The Morgan fingerprint density at radius 2 is 2.08 bits per heavy atom.